The number of benzene rings is 2. The number of amides is 2. The lowest BCUT2D eigenvalue weighted by Gasteiger charge is -2.37. The van der Waals surface area contributed by atoms with Gasteiger partial charge in [-0.3, -0.25) is 19.8 Å². The van der Waals surface area contributed by atoms with Crippen LogP contribution in [0.5, 0.6) is 0 Å². The summed E-state index contributed by atoms with van der Waals surface area (Å²) in [6.45, 7) is 2.98. The molecule has 33 heavy (non-hydrogen) atoms. The number of piperazine rings is 1. The van der Waals surface area contributed by atoms with Crippen molar-refractivity contribution in [1.29, 1.82) is 0 Å². The van der Waals surface area contributed by atoms with Gasteiger partial charge in [0.05, 0.1) is 21.2 Å². The number of nitrogens with zero attached hydrogens (tertiary/aromatic N) is 2. The molecule has 2 fully saturated rings. The molecule has 0 unspecified atom stereocenters. The number of carbonyl (C=O) groups is 2. The second kappa shape index (κ2) is 9.58. The van der Waals surface area contributed by atoms with Crippen LogP contribution in [0.25, 0.3) is 6.08 Å². The van der Waals surface area contributed by atoms with E-state index in [4.69, 9.17) is 23.2 Å². The molecule has 2 heterocycles. The zero-order valence-corrected chi connectivity index (χ0v) is 19.4. The molecule has 2 saturated heterocycles. The minimum absolute atomic E-state index is 0.0222. The van der Waals surface area contributed by atoms with E-state index >= 15 is 0 Å². The van der Waals surface area contributed by atoms with Crippen molar-refractivity contribution in [2.24, 2.45) is 0 Å². The number of rotatable bonds is 4. The number of hydrogen-bond acceptors (Lipinski definition) is 5. The summed E-state index contributed by atoms with van der Waals surface area (Å²) in [6, 6.07) is 9.42. The van der Waals surface area contributed by atoms with Crippen LogP contribution in [-0.4, -0.2) is 42.2 Å². The van der Waals surface area contributed by atoms with Gasteiger partial charge in [-0.15, -0.1) is 0 Å². The van der Waals surface area contributed by atoms with Gasteiger partial charge in [0.15, 0.2) is 0 Å². The molecule has 2 amide bonds. The molecule has 2 aliphatic heterocycles. The summed E-state index contributed by atoms with van der Waals surface area (Å²) in [5, 5.41) is 2.16. The second-order valence-electron chi connectivity index (χ2n) is 7.60. The summed E-state index contributed by atoms with van der Waals surface area (Å²) >= 11 is 13.2. The van der Waals surface area contributed by atoms with Crippen molar-refractivity contribution >= 4 is 57.9 Å². The lowest BCUT2D eigenvalue weighted by atomic mass is 10.0. The van der Waals surface area contributed by atoms with Crippen molar-refractivity contribution in [2.75, 3.05) is 31.1 Å². The Labute approximate surface area is 202 Å². The molecule has 0 aromatic heterocycles. The Bertz CT molecular complexity index is 1130. The third-order valence-corrected chi connectivity index (χ3v) is 6.86. The summed E-state index contributed by atoms with van der Waals surface area (Å²) in [4.78, 5) is 27.6. The minimum Gasteiger partial charge on any atom is -0.367 e. The summed E-state index contributed by atoms with van der Waals surface area (Å²) in [5.74, 6) is -0.644. The van der Waals surface area contributed by atoms with Gasteiger partial charge < -0.3 is 4.90 Å². The summed E-state index contributed by atoms with van der Waals surface area (Å²) in [5.41, 5.74) is 0.624. The molecule has 2 aromatic carbocycles. The second-order valence-corrected chi connectivity index (χ2v) is 9.43. The van der Waals surface area contributed by atoms with E-state index in [1.807, 2.05) is 29.2 Å². The van der Waals surface area contributed by atoms with Gasteiger partial charge >= 0.3 is 6.18 Å². The third-order valence-electron chi connectivity index (χ3n) is 5.39. The van der Waals surface area contributed by atoms with Gasteiger partial charge in [-0.25, -0.2) is 0 Å². The molecule has 2 aromatic rings. The smallest absolute Gasteiger partial charge is 0.367 e. The van der Waals surface area contributed by atoms with Gasteiger partial charge in [0.1, 0.15) is 0 Å². The van der Waals surface area contributed by atoms with E-state index in [0.29, 0.717) is 55.2 Å². The van der Waals surface area contributed by atoms with Crippen molar-refractivity contribution < 1.29 is 22.8 Å². The predicted molar refractivity (Wildman–Crippen MR) is 125 cm³/mol. The highest BCUT2D eigenvalue weighted by atomic mass is 35.5. The molecule has 174 valence electrons. The Balaban J connectivity index is 1.61. The topological polar surface area (TPSA) is 52.7 Å². The molecule has 0 radical (unpaired) electrons. The molecule has 0 spiro atoms. The van der Waals surface area contributed by atoms with Crippen LogP contribution in [0.3, 0.4) is 0 Å². The molecule has 11 heteroatoms. The molecule has 0 atom stereocenters. The first-order chi connectivity index (χ1) is 15.6. The Kier molecular flexibility index (Phi) is 6.95. The number of carbonyl (C=O) groups excluding carboxylic acids is 2. The molecule has 1 N–H and O–H groups in total. The first-order valence-corrected chi connectivity index (χ1v) is 11.6. The first kappa shape index (κ1) is 23.9. The van der Waals surface area contributed by atoms with Crippen LogP contribution < -0.4 is 10.2 Å². The highest BCUT2D eigenvalue weighted by Crippen LogP contribution is 2.40. The number of anilines is 1. The number of imide groups is 1. The Morgan fingerprint density at radius 2 is 1.73 bits per heavy atom. The molecule has 4 rings (SSSR count). The highest BCUT2D eigenvalue weighted by Gasteiger charge is 2.34. The van der Waals surface area contributed by atoms with E-state index in [9.17, 15) is 22.8 Å². The molecule has 0 saturated carbocycles. The zero-order valence-electron chi connectivity index (χ0n) is 17.1. The molecular formula is C22H18Cl2F3N3O2S. The van der Waals surface area contributed by atoms with Crippen molar-refractivity contribution in [2.45, 2.75) is 12.7 Å². The van der Waals surface area contributed by atoms with Crippen LogP contribution in [0.2, 0.25) is 10.0 Å². The largest absolute Gasteiger partial charge is 0.416 e. The molecule has 0 bridgehead atoms. The molecule has 0 aliphatic carbocycles. The van der Waals surface area contributed by atoms with Crippen LogP contribution in [-0.2, 0) is 17.5 Å². The average molecular weight is 516 g/mol. The van der Waals surface area contributed by atoms with E-state index in [-0.39, 0.29) is 15.5 Å². The fourth-order valence-corrected chi connectivity index (χ4v) is 5.00. The van der Waals surface area contributed by atoms with E-state index in [2.05, 4.69) is 10.2 Å². The van der Waals surface area contributed by atoms with Gasteiger partial charge in [0.25, 0.3) is 11.1 Å². The van der Waals surface area contributed by atoms with Crippen molar-refractivity contribution in [3.63, 3.8) is 0 Å². The maximum atomic E-state index is 13.4. The van der Waals surface area contributed by atoms with Gasteiger partial charge in [-0.1, -0.05) is 41.4 Å². The number of thioether (sulfide) groups is 1. The van der Waals surface area contributed by atoms with E-state index in [1.165, 1.54) is 6.08 Å². The lowest BCUT2D eigenvalue weighted by molar-refractivity contribution is -0.137. The third kappa shape index (κ3) is 5.48. The average Bonchev–Trinajstić information content (AvgIpc) is 3.06. The number of alkyl halides is 3. The van der Waals surface area contributed by atoms with Crippen molar-refractivity contribution in [3.05, 3.63) is 68.0 Å². The minimum atomic E-state index is -4.61. The fraction of sp³-hybridized carbons (Fsp3) is 0.273. The Morgan fingerprint density at radius 1 is 1.03 bits per heavy atom. The van der Waals surface area contributed by atoms with Crippen LogP contribution in [0.4, 0.5) is 23.7 Å². The fourth-order valence-electron chi connectivity index (χ4n) is 3.79. The van der Waals surface area contributed by atoms with Crippen molar-refractivity contribution in [1.82, 2.24) is 10.2 Å². The molecule has 2 aliphatic rings. The van der Waals surface area contributed by atoms with Crippen LogP contribution in [0.1, 0.15) is 16.7 Å². The van der Waals surface area contributed by atoms with Crippen LogP contribution >= 0.6 is 35.0 Å². The van der Waals surface area contributed by atoms with Gasteiger partial charge in [0.2, 0.25) is 0 Å². The molecular weight excluding hydrogens is 498 g/mol. The lowest BCUT2D eigenvalue weighted by Crippen LogP contribution is -2.46. The summed E-state index contributed by atoms with van der Waals surface area (Å²) < 4.78 is 40.2. The first-order valence-electron chi connectivity index (χ1n) is 9.98. The van der Waals surface area contributed by atoms with Gasteiger partial charge in [0, 0.05) is 43.3 Å². The zero-order chi connectivity index (χ0) is 23.8. The predicted octanol–water partition coefficient (Wildman–Crippen LogP) is 5.66. The normalized spacial score (nSPS) is 18.8. The van der Waals surface area contributed by atoms with E-state index < -0.39 is 22.9 Å². The van der Waals surface area contributed by atoms with E-state index in [1.54, 1.807) is 0 Å². The highest BCUT2D eigenvalue weighted by molar-refractivity contribution is 8.18. The number of nitrogens with one attached hydrogen (secondary N) is 1. The van der Waals surface area contributed by atoms with Crippen LogP contribution in [0.15, 0.2) is 41.3 Å². The van der Waals surface area contributed by atoms with E-state index in [0.717, 1.165) is 17.7 Å². The Morgan fingerprint density at radius 3 is 2.33 bits per heavy atom. The SMILES string of the molecule is O=C1NC(=O)C(=Cc2cc(C(F)(F)F)cc(Cl)c2N2CCN(Cc3ccccc3Cl)CC2)S1. The standard InChI is InChI=1S/C22H18Cl2F3N3O2S/c23-16-4-2-1-3-13(16)12-29-5-7-30(8-6-29)19-14(10-18-20(31)28-21(32)33-18)9-15(11-17(19)24)22(25,26)27/h1-4,9-11H,5-8,12H2,(H,28,31,32). The van der Waals surface area contributed by atoms with Crippen LogP contribution in [0, 0.1) is 0 Å². The van der Waals surface area contributed by atoms with Gasteiger partial charge in [-0.05, 0) is 41.6 Å². The monoisotopic (exact) mass is 515 g/mol. The number of halogens is 5. The number of hydrogen-bond donors (Lipinski definition) is 1. The quantitative estimate of drug-likeness (QED) is 0.532. The molecule has 5 nitrogen and oxygen atoms in total. The van der Waals surface area contributed by atoms with Gasteiger partial charge in [-0.2, -0.15) is 13.2 Å². The Hall–Kier alpha value is -2.20. The summed E-state index contributed by atoms with van der Waals surface area (Å²) in [7, 11) is 0. The summed E-state index contributed by atoms with van der Waals surface area (Å²) in [6.07, 6.45) is -3.32. The van der Waals surface area contributed by atoms with Crippen molar-refractivity contribution in [3.8, 4) is 0 Å². The maximum absolute atomic E-state index is 13.4. The maximum Gasteiger partial charge on any atom is 0.416 e.